The molecular weight excluding hydrogens is 271 g/mol. The second-order valence-electron chi connectivity index (χ2n) is 3.84. The Kier molecular flexibility index (Phi) is 3.66. The zero-order chi connectivity index (χ0) is 14.0. The summed E-state index contributed by atoms with van der Waals surface area (Å²) in [4.78, 5) is 16.5. The van der Waals surface area contributed by atoms with Crippen LogP contribution in [0, 0.1) is 5.82 Å². The number of aromatic nitrogens is 1. The van der Waals surface area contributed by atoms with E-state index in [0.717, 1.165) is 0 Å². The topological polar surface area (TPSA) is 53.4 Å². The lowest BCUT2D eigenvalue weighted by molar-refractivity contribution is 0.0691. The van der Waals surface area contributed by atoms with Crippen molar-refractivity contribution in [2.75, 3.05) is 11.9 Å². The predicted molar refractivity (Wildman–Crippen MR) is 70.7 cm³/mol. The van der Waals surface area contributed by atoms with Gasteiger partial charge in [-0.05, 0) is 30.3 Å². The van der Waals surface area contributed by atoms with Gasteiger partial charge in [0.15, 0.2) is 5.69 Å². The fourth-order valence-electron chi connectivity index (χ4n) is 1.59. The van der Waals surface area contributed by atoms with Crippen molar-refractivity contribution in [3.8, 4) is 0 Å². The fourth-order valence-corrected chi connectivity index (χ4v) is 1.77. The van der Waals surface area contributed by atoms with E-state index < -0.39 is 5.97 Å². The first kappa shape index (κ1) is 13.3. The normalized spacial score (nSPS) is 10.3. The molecule has 1 heterocycles. The maximum absolute atomic E-state index is 13.2. The lowest BCUT2D eigenvalue weighted by Gasteiger charge is -2.18. The second-order valence-corrected chi connectivity index (χ2v) is 4.25. The van der Waals surface area contributed by atoms with Crippen LogP contribution in [0.4, 0.5) is 15.9 Å². The average molecular weight is 281 g/mol. The summed E-state index contributed by atoms with van der Waals surface area (Å²) in [5, 5.41) is 9.02. The molecule has 0 amide bonds. The van der Waals surface area contributed by atoms with Crippen molar-refractivity contribution in [2.24, 2.45) is 0 Å². The molecule has 2 rings (SSSR count). The summed E-state index contributed by atoms with van der Waals surface area (Å²) in [6.45, 7) is 0. The molecule has 0 aliphatic carbocycles. The highest BCUT2D eigenvalue weighted by atomic mass is 35.5. The standard InChI is InChI=1S/C13H10ClFN2O2/c1-17(9-4-2-3-8(15)7-9)11-6-5-10(14)12(16-11)13(18)19/h2-7H,1H3,(H,18,19). The molecule has 1 N–H and O–H groups in total. The van der Waals surface area contributed by atoms with Gasteiger partial charge in [0, 0.05) is 12.7 Å². The molecular formula is C13H10ClFN2O2. The largest absolute Gasteiger partial charge is 0.476 e. The molecule has 6 heteroatoms. The molecule has 0 bridgehead atoms. The number of benzene rings is 1. The van der Waals surface area contributed by atoms with Gasteiger partial charge in [0.1, 0.15) is 11.6 Å². The molecule has 4 nitrogen and oxygen atoms in total. The summed E-state index contributed by atoms with van der Waals surface area (Å²) in [6, 6.07) is 8.93. The SMILES string of the molecule is CN(c1cccc(F)c1)c1ccc(Cl)c(C(=O)O)n1. The van der Waals surface area contributed by atoms with Gasteiger partial charge in [-0.1, -0.05) is 17.7 Å². The number of hydrogen-bond acceptors (Lipinski definition) is 3. The molecule has 19 heavy (non-hydrogen) atoms. The Labute approximate surface area is 114 Å². The van der Waals surface area contributed by atoms with Crippen LogP contribution in [-0.2, 0) is 0 Å². The van der Waals surface area contributed by atoms with Crippen LogP contribution >= 0.6 is 11.6 Å². The monoisotopic (exact) mass is 280 g/mol. The Bertz CT molecular complexity index is 634. The molecule has 0 aliphatic rings. The van der Waals surface area contributed by atoms with Gasteiger partial charge in [-0.15, -0.1) is 0 Å². The number of anilines is 2. The molecule has 2 aromatic rings. The zero-order valence-electron chi connectivity index (χ0n) is 9.97. The van der Waals surface area contributed by atoms with Crippen LogP contribution in [0.3, 0.4) is 0 Å². The van der Waals surface area contributed by atoms with Gasteiger partial charge in [0.2, 0.25) is 0 Å². The van der Waals surface area contributed by atoms with E-state index in [1.165, 1.54) is 18.2 Å². The summed E-state index contributed by atoms with van der Waals surface area (Å²) in [5.74, 6) is -1.22. The predicted octanol–water partition coefficient (Wildman–Crippen LogP) is 3.34. The minimum Gasteiger partial charge on any atom is -0.476 e. The minimum atomic E-state index is -1.21. The van der Waals surface area contributed by atoms with E-state index in [0.29, 0.717) is 11.5 Å². The molecule has 1 aromatic carbocycles. The molecule has 0 spiro atoms. The highest BCUT2D eigenvalue weighted by molar-refractivity contribution is 6.33. The molecule has 1 aromatic heterocycles. The van der Waals surface area contributed by atoms with Gasteiger partial charge in [0.05, 0.1) is 5.02 Å². The van der Waals surface area contributed by atoms with E-state index in [2.05, 4.69) is 4.98 Å². The first-order chi connectivity index (χ1) is 8.99. The quantitative estimate of drug-likeness (QED) is 0.937. The van der Waals surface area contributed by atoms with Crippen molar-refractivity contribution < 1.29 is 14.3 Å². The molecule has 0 radical (unpaired) electrons. The lowest BCUT2D eigenvalue weighted by atomic mass is 10.2. The summed E-state index contributed by atoms with van der Waals surface area (Å²) < 4.78 is 13.2. The molecule has 0 saturated heterocycles. The highest BCUT2D eigenvalue weighted by Gasteiger charge is 2.14. The van der Waals surface area contributed by atoms with Gasteiger partial charge in [-0.3, -0.25) is 0 Å². The maximum Gasteiger partial charge on any atom is 0.356 e. The molecule has 0 fully saturated rings. The van der Waals surface area contributed by atoms with Crippen molar-refractivity contribution in [3.05, 3.63) is 52.9 Å². The molecule has 0 saturated carbocycles. The number of hydrogen-bond donors (Lipinski definition) is 1. The third kappa shape index (κ3) is 2.82. The van der Waals surface area contributed by atoms with Gasteiger partial charge < -0.3 is 10.0 Å². The number of nitrogens with zero attached hydrogens (tertiary/aromatic N) is 2. The smallest absolute Gasteiger partial charge is 0.356 e. The lowest BCUT2D eigenvalue weighted by Crippen LogP contribution is -2.13. The number of carbonyl (C=O) groups is 1. The maximum atomic E-state index is 13.2. The van der Waals surface area contributed by atoms with Gasteiger partial charge in [-0.25, -0.2) is 14.2 Å². The van der Waals surface area contributed by atoms with E-state index in [9.17, 15) is 9.18 Å². The molecule has 98 valence electrons. The van der Waals surface area contributed by atoms with Gasteiger partial charge >= 0.3 is 5.97 Å². The summed E-state index contributed by atoms with van der Waals surface area (Å²) in [7, 11) is 1.66. The van der Waals surface area contributed by atoms with Crippen molar-refractivity contribution in [1.82, 2.24) is 4.98 Å². The third-order valence-corrected chi connectivity index (χ3v) is 2.88. The minimum absolute atomic E-state index is 0.0592. The third-order valence-electron chi connectivity index (χ3n) is 2.57. The highest BCUT2D eigenvalue weighted by Crippen LogP contribution is 2.25. The van der Waals surface area contributed by atoms with Gasteiger partial charge in [0.25, 0.3) is 0 Å². The Morgan fingerprint density at radius 1 is 1.37 bits per heavy atom. The first-order valence-corrected chi connectivity index (χ1v) is 5.76. The van der Waals surface area contributed by atoms with E-state index >= 15 is 0 Å². The summed E-state index contributed by atoms with van der Waals surface area (Å²) >= 11 is 5.75. The first-order valence-electron chi connectivity index (χ1n) is 5.38. The number of carboxylic acids is 1. The van der Waals surface area contributed by atoms with Crippen LogP contribution in [0.25, 0.3) is 0 Å². The van der Waals surface area contributed by atoms with Crippen LogP contribution in [0.5, 0.6) is 0 Å². The summed E-state index contributed by atoms with van der Waals surface area (Å²) in [6.07, 6.45) is 0. The Hall–Kier alpha value is -2.14. The Morgan fingerprint density at radius 2 is 2.11 bits per heavy atom. The molecule has 0 atom stereocenters. The van der Waals surface area contributed by atoms with Crippen molar-refractivity contribution in [2.45, 2.75) is 0 Å². The van der Waals surface area contributed by atoms with Crippen LogP contribution in [0.2, 0.25) is 5.02 Å². The average Bonchev–Trinajstić information content (AvgIpc) is 2.38. The van der Waals surface area contributed by atoms with Crippen LogP contribution < -0.4 is 4.90 Å². The van der Waals surface area contributed by atoms with E-state index in [1.807, 2.05) is 0 Å². The van der Waals surface area contributed by atoms with Crippen molar-refractivity contribution in [1.29, 1.82) is 0 Å². The summed E-state index contributed by atoms with van der Waals surface area (Å²) in [5.41, 5.74) is 0.327. The fraction of sp³-hybridized carbons (Fsp3) is 0.0769. The second kappa shape index (κ2) is 5.24. The number of pyridine rings is 1. The zero-order valence-corrected chi connectivity index (χ0v) is 10.7. The van der Waals surface area contributed by atoms with E-state index in [4.69, 9.17) is 16.7 Å². The molecule has 0 aliphatic heterocycles. The number of halogens is 2. The van der Waals surface area contributed by atoms with Crippen LogP contribution in [0.15, 0.2) is 36.4 Å². The van der Waals surface area contributed by atoms with Crippen LogP contribution in [0.1, 0.15) is 10.5 Å². The Balaban J connectivity index is 2.42. The Morgan fingerprint density at radius 3 is 2.74 bits per heavy atom. The number of aromatic carboxylic acids is 1. The number of rotatable bonds is 3. The van der Waals surface area contributed by atoms with E-state index in [1.54, 1.807) is 30.1 Å². The van der Waals surface area contributed by atoms with E-state index in [-0.39, 0.29) is 16.5 Å². The van der Waals surface area contributed by atoms with Gasteiger partial charge in [-0.2, -0.15) is 0 Å². The molecule has 0 unspecified atom stereocenters. The number of carboxylic acid groups (broad SMARTS) is 1. The van der Waals surface area contributed by atoms with Crippen molar-refractivity contribution >= 4 is 29.1 Å². The van der Waals surface area contributed by atoms with Crippen molar-refractivity contribution in [3.63, 3.8) is 0 Å². The van der Waals surface area contributed by atoms with Crippen LogP contribution in [-0.4, -0.2) is 23.1 Å².